The fourth-order valence-electron chi connectivity index (χ4n) is 2.83. The van der Waals surface area contributed by atoms with Crippen LogP contribution in [-0.2, 0) is 0 Å². The van der Waals surface area contributed by atoms with Crippen molar-refractivity contribution >= 4 is 11.8 Å². The van der Waals surface area contributed by atoms with Crippen molar-refractivity contribution in [2.24, 2.45) is 5.92 Å². The molecule has 1 atom stereocenters. The highest BCUT2D eigenvalue weighted by atomic mass is 32.2. The summed E-state index contributed by atoms with van der Waals surface area (Å²) in [6, 6.07) is 0.529. The molecule has 18 heavy (non-hydrogen) atoms. The minimum Gasteiger partial charge on any atom is -0.318 e. The Labute approximate surface area is 113 Å². The molecule has 0 saturated heterocycles. The zero-order valence-corrected chi connectivity index (χ0v) is 12.0. The molecule has 1 fully saturated rings. The molecule has 2 aliphatic rings. The van der Waals surface area contributed by atoms with Gasteiger partial charge in [-0.1, -0.05) is 44.9 Å². The number of fused-ring (bicyclic) bond motifs is 1. The predicted molar refractivity (Wildman–Crippen MR) is 74.6 cm³/mol. The van der Waals surface area contributed by atoms with Gasteiger partial charge >= 0.3 is 0 Å². The first-order chi connectivity index (χ1) is 8.75. The lowest BCUT2D eigenvalue weighted by Crippen LogP contribution is -2.39. The molecular formula is C13H22N4S. The minimum atomic E-state index is 0.529. The Balaban J connectivity index is 1.82. The average molecular weight is 266 g/mol. The van der Waals surface area contributed by atoms with Gasteiger partial charge in [-0.05, 0) is 18.8 Å². The average Bonchev–Trinajstić information content (AvgIpc) is 2.82. The molecule has 1 N–H and O–H groups in total. The molecule has 1 aromatic heterocycles. The summed E-state index contributed by atoms with van der Waals surface area (Å²) < 4.78 is 2.18. The number of rotatable bonds is 2. The molecule has 1 aliphatic carbocycles. The maximum Gasteiger partial charge on any atom is 0.210 e. The van der Waals surface area contributed by atoms with Crippen LogP contribution in [0.1, 0.15) is 57.7 Å². The molecular weight excluding hydrogens is 244 g/mol. The summed E-state index contributed by atoms with van der Waals surface area (Å²) in [5.41, 5.74) is 3.61. The van der Waals surface area contributed by atoms with Crippen molar-refractivity contribution in [1.29, 1.82) is 0 Å². The lowest BCUT2D eigenvalue weighted by Gasteiger charge is -2.30. The molecule has 0 spiro atoms. The standard InChI is InChI=1S/C13H22N4S/c1-9(2)11-8-18-13-15-14-12(17(13)16-11)10-6-4-3-5-7-10/h9-11,16H,3-8H2,1-2H3. The SMILES string of the molecule is CC(C)C1CSc2nnc(C3CCCCC3)n2N1. The molecule has 1 aromatic rings. The molecule has 4 nitrogen and oxygen atoms in total. The first kappa shape index (κ1) is 12.3. The van der Waals surface area contributed by atoms with Crippen molar-refractivity contribution in [3.8, 4) is 0 Å². The maximum atomic E-state index is 4.44. The quantitative estimate of drug-likeness (QED) is 0.893. The van der Waals surface area contributed by atoms with Crippen LogP contribution in [0.15, 0.2) is 5.16 Å². The molecule has 1 unspecified atom stereocenters. The third-order valence-electron chi connectivity index (χ3n) is 4.12. The Bertz CT molecular complexity index is 409. The van der Waals surface area contributed by atoms with Crippen LogP contribution in [-0.4, -0.2) is 26.7 Å². The lowest BCUT2D eigenvalue weighted by molar-refractivity contribution is 0.409. The molecule has 1 saturated carbocycles. The minimum absolute atomic E-state index is 0.529. The van der Waals surface area contributed by atoms with Crippen molar-refractivity contribution in [3.05, 3.63) is 5.82 Å². The van der Waals surface area contributed by atoms with Gasteiger partial charge in [-0.2, -0.15) is 0 Å². The molecule has 3 rings (SSSR count). The van der Waals surface area contributed by atoms with Crippen molar-refractivity contribution in [1.82, 2.24) is 14.9 Å². The third kappa shape index (κ3) is 2.25. The van der Waals surface area contributed by atoms with Crippen LogP contribution in [0.4, 0.5) is 0 Å². The van der Waals surface area contributed by atoms with Crippen molar-refractivity contribution < 1.29 is 0 Å². The van der Waals surface area contributed by atoms with Gasteiger partial charge in [0.25, 0.3) is 0 Å². The Hall–Kier alpha value is -0.710. The van der Waals surface area contributed by atoms with Gasteiger partial charge in [-0.3, -0.25) is 0 Å². The van der Waals surface area contributed by atoms with E-state index in [9.17, 15) is 0 Å². The van der Waals surface area contributed by atoms with Crippen molar-refractivity contribution in [2.75, 3.05) is 11.2 Å². The predicted octanol–water partition coefficient (Wildman–Crippen LogP) is 3.00. The summed E-state index contributed by atoms with van der Waals surface area (Å²) in [6.45, 7) is 4.54. The van der Waals surface area contributed by atoms with E-state index in [4.69, 9.17) is 0 Å². The summed E-state index contributed by atoms with van der Waals surface area (Å²) in [7, 11) is 0. The molecule has 2 heterocycles. The van der Waals surface area contributed by atoms with E-state index >= 15 is 0 Å². The number of nitrogens with one attached hydrogen (secondary N) is 1. The van der Waals surface area contributed by atoms with Gasteiger partial charge in [0.15, 0.2) is 5.82 Å². The Morgan fingerprint density at radius 2 is 2.00 bits per heavy atom. The van der Waals surface area contributed by atoms with E-state index in [2.05, 4.69) is 34.1 Å². The van der Waals surface area contributed by atoms with Gasteiger partial charge in [0.05, 0.1) is 6.04 Å². The highest BCUT2D eigenvalue weighted by Crippen LogP contribution is 2.34. The smallest absolute Gasteiger partial charge is 0.210 e. The zero-order valence-electron chi connectivity index (χ0n) is 11.2. The molecule has 0 aromatic carbocycles. The summed E-state index contributed by atoms with van der Waals surface area (Å²) in [5.74, 6) is 3.52. The summed E-state index contributed by atoms with van der Waals surface area (Å²) in [4.78, 5) is 0. The molecule has 100 valence electrons. The second kappa shape index (κ2) is 5.11. The largest absolute Gasteiger partial charge is 0.318 e. The molecule has 0 bridgehead atoms. The van der Waals surface area contributed by atoms with E-state index in [1.807, 2.05) is 11.8 Å². The van der Waals surface area contributed by atoms with Crippen LogP contribution in [0.2, 0.25) is 0 Å². The lowest BCUT2D eigenvalue weighted by atomic mass is 9.89. The summed E-state index contributed by atoms with van der Waals surface area (Å²) in [5, 5.41) is 9.83. The molecule has 0 amide bonds. The number of nitrogens with zero attached hydrogens (tertiary/aromatic N) is 3. The van der Waals surface area contributed by atoms with Gasteiger partial charge in [0.2, 0.25) is 5.16 Å². The monoisotopic (exact) mass is 266 g/mol. The Morgan fingerprint density at radius 3 is 2.72 bits per heavy atom. The van der Waals surface area contributed by atoms with Gasteiger partial charge in [0.1, 0.15) is 0 Å². The second-order valence-electron chi connectivity index (χ2n) is 5.80. The second-order valence-corrected chi connectivity index (χ2v) is 6.79. The van der Waals surface area contributed by atoms with Gasteiger partial charge in [-0.25, -0.2) is 4.68 Å². The number of aromatic nitrogens is 3. The van der Waals surface area contributed by atoms with E-state index in [0.717, 1.165) is 10.9 Å². The number of hydrogen-bond donors (Lipinski definition) is 1. The van der Waals surface area contributed by atoms with Crippen LogP contribution in [0.5, 0.6) is 0 Å². The van der Waals surface area contributed by atoms with E-state index in [1.54, 1.807) is 0 Å². The van der Waals surface area contributed by atoms with Crippen LogP contribution >= 0.6 is 11.8 Å². The third-order valence-corrected chi connectivity index (χ3v) is 5.17. The highest BCUT2D eigenvalue weighted by molar-refractivity contribution is 7.99. The van der Waals surface area contributed by atoms with Crippen LogP contribution in [0, 0.1) is 5.92 Å². The fourth-order valence-corrected chi connectivity index (χ4v) is 3.99. The number of thioether (sulfide) groups is 1. The highest BCUT2D eigenvalue weighted by Gasteiger charge is 2.28. The van der Waals surface area contributed by atoms with Crippen LogP contribution < -0.4 is 5.43 Å². The molecule has 1 aliphatic heterocycles. The van der Waals surface area contributed by atoms with Crippen molar-refractivity contribution in [2.45, 2.75) is 63.1 Å². The summed E-state index contributed by atoms with van der Waals surface area (Å²) >= 11 is 1.84. The first-order valence-electron chi connectivity index (χ1n) is 7.10. The Morgan fingerprint density at radius 1 is 1.22 bits per heavy atom. The van der Waals surface area contributed by atoms with E-state index in [1.165, 1.54) is 37.9 Å². The number of hydrogen-bond acceptors (Lipinski definition) is 4. The van der Waals surface area contributed by atoms with Gasteiger partial charge in [0, 0.05) is 11.7 Å². The fraction of sp³-hybridized carbons (Fsp3) is 0.846. The van der Waals surface area contributed by atoms with Crippen LogP contribution in [0.25, 0.3) is 0 Å². The van der Waals surface area contributed by atoms with Gasteiger partial charge in [-0.15, -0.1) is 10.2 Å². The van der Waals surface area contributed by atoms with Crippen LogP contribution in [0.3, 0.4) is 0 Å². The first-order valence-corrected chi connectivity index (χ1v) is 8.09. The van der Waals surface area contributed by atoms with E-state index < -0.39 is 0 Å². The zero-order chi connectivity index (χ0) is 12.5. The molecule has 5 heteroatoms. The normalized spacial score (nSPS) is 24.9. The molecule has 0 radical (unpaired) electrons. The Kier molecular flexibility index (Phi) is 3.50. The maximum absolute atomic E-state index is 4.44. The van der Waals surface area contributed by atoms with Crippen molar-refractivity contribution in [3.63, 3.8) is 0 Å². The topological polar surface area (TPSA) is 42.7 Å². The van der Waals surface area contributed by atoms with E-state index in [0.29, 0.717) is 17.9 Å². The van der Waals surface area contributed by atoms with E-state index in [-0.39, 0.29) is 0 Å². The summed E-state index contributed by atoms with van der Waals surface area (Å²) in [6.07, 6.45) is 6.61. The van der Waals surface area contributed by atoms with Gasteiger partial charge < -0.3 is 5.43 Å².